The van der Waals surface area contributed by atoms with Gasteiger partial charge in [0.2, 0.25) is 15.9 Å². The molecular formula is C18H27N3O3S2. The number of likely N-dealkylation sites (tertiary alicyclic amines) is 1. The fourth-order valence-electron chi connectivity index (χ4n) is 4.64. The third-order valence-electron chi connectivity index (χ3n) is 6.05. The van der Waals surface area contributed by atoms with E-state index in [9.17, 15) is 13.2 Å². The minimum absolute atomic E-state index is 0.0394. The number of hydrogen-bond acceptors (Lipinski definition) is 5. The highest BCUT2D eigenvalue weighted by molar-refractivity contribution is 7.91. The second kappa shape index (κ2) is 7.58. The zero-order valence-corrected chi connectivity index (χ0v) is 16.5. The van der Waals surface area contributed by atoms with Gasteiger partial charge in [-0.1, -0.05) is 18.9 Å². The molecule has 0 spiro atoms. The molecule has 1 aromatic rings. The summed E-state index contributed by atoms with van der Waals surface area (Å²) in [6, 6.07) is 3.75. The monoisotopic (exact) mass is 397 g/mol. The number of piperidine rings is 1. The number of rotatable bonds is 4. The van der Waals surface area contributed by atoms with Gasteiger partial charge in [-0.3, -0.25) is 4.79 Å². The number of hydrogen-bond donors (Lipinski definition) is 2. The molecule has 1 aromatic heterocycles. The molecule has 0 aromatic carbocycles. The van der Waals surface area contributed by atoms with Gasteiger partial charge < -0.3 is 10.2 Å². The fourth-order valence-corrected chi connectivity index (χ4v) is 6.96. The largest absolute Gasteiger partial charge is 0.341 e. The van der Waals surface area contributed by atoms with Gasteiger partial charge >= 0.3 is 0 Å². The maximum atomic E-state index is 12.8. The number of thiophene rings is 1. The van der Waals surface area contributed by atoms with Crippen molar-refractivity contribution < 1.29 is 13.2 Å². The molecular weight excluding hydrogens is 370 g/mol. The van der Waals surface area contributed by atoms with E-state index in [1.54, 1.807) is 17.5 Å². The van der Waals surface area contributed by atoms with Crippen LogP contribution in [0, 0.1) is 5.92 Å². The molecule has 144 valence electrons. The first-order valence-corrected chi connectivity index (χ1v) is 12.0. The predicted molar refractivity (Wildman–Crippen MR) is 102 cm³/mol. The van der Waals surface area contributed by atoms with Crippen molar-refractivity contribution in [3.05, 3.63) is 17.5 Å². The maximum Gasteiger partial charge on any atom is 0.250 e. The van der Waals surface area contributed by atoms with Crippen LogP contribution < -0.4 is 10.0 Å². The number of nitrogens with one attached hydrogen (secondary N) is 2. The molecule has 2 aliphatic heterocycles. The molecule has 8 heteroatoms. The van der Waals surface area contributed by atoms with Gasteiger partial charge in [-0.05, 0) is 49.5 Å². The molecule has 2 N–H and O–H groups in total. The van der Waals surface area contributed by atoms with E-state index in [1.807, 2.05) is 4.90 Å². The van der Waals surface area contributed by atoms with E-state index in [0.717, 1.165) is 6.42 Å². The predicted octanol–water partition coefficient (Wildman–Crippen LogP) is 1.94. The van der Waals surface area contributed by atoms with Crippen molar-refractivity contribution in [2.45, 2.75) is 67.3 Å². The lowest BCUT2D eigenvalue weighted by Crippen LogP contribution is -2.51. The summed E-state index contributed by atoms with van der Waals surface area (Å²) in [5.74, 6) is 0.867. The standard InChI is InChI=1S/C18H27N3O3S2/c22-18(16-12-13-4-1-2-5-15(13)19-16)21-9-7-14(8-10-21)20-26(23,24)17-6-3-11-25-17/h3,6,11,13-16,19-20H,1-2,4-5,7-10,12H2. The van der Waals surface area contributed by atoms with Crippen LogP contribution in [0.15, 0.2) is 21.7 Å². The molecule has 3 heterocycles. The Kier molecular flexibility index (Phi) is 5.36. The van der Waals surface area contributed by atoms with Gasteiger partial charge in [0, 0.05) is 25.2 Å². The number of fused-ring (bicyclic) bond motifs is 1. The lowest BCUT2D eigenvalue weighted by molar-refractivity contribution is -0.134. The van der Waals surface area contributed by atoms with Crippen LogP contribution in [0.25, 0.3) is 0 Å². The lowest BCUT2D eigenvalue weighted by atomic mass is 9.85. The highest BCUT2D eigenvalue weighted by Gasteiger charge is 2.40. The van der Waals surface area contributed by atoms with Crippen molar-refractivity contribution in [2.75, 3.05) is 13.1 Å². The van der Waals surface area contributed by atoms with Gasteiger partial charge in [0.05, 0.1) is 6.04 Å². The van der Waals surface area contributed by atoms with Crippen LogP contribution in [0.5, 0.6) is 0 Å². The average molecular weight is 398 g/mol. The molecule has 0 radical (unpaired) electrons. The lowest BCUT2D eigenvalue weighted by Gasteiger charge is -2.33. The molecule has 2 saturated heterocycles. The molecule has 3 fully saturated rings. The number of carbonyl (C=O) groups is 1. The minimum atomic E-state index is -3.43. The SMILES string of the molecule is O=C(C1CC2CCCCC2N1)N1CCC(NS(=O)(=O)c2cccs2)CC1. The van der Waals surface area contributed by atoms with Crippen LogP contribution in [0.3, 0.4) is 0 Å². The Labute approximate surface area is 159 Å². The van der Waals surface area contributed by atoms with E-state index in [1.165, 1.54) is 37.0 Å². The average Bonchev–Trinajstić information content (AvgIpc) is 3.31. The molecule has 1 saturated carbocycles. The molecule has 1 aliphatic carbocycles. The van der Waals surface area contributed by atoms with E-state index in [4.69, 9.17) is 0 Å². The molecule has 26 heavy (non-hydrogen) atoms. The van der Waals surface area contributed by atoms with E-state index in [0.29, 0.717) is 42.1 Å². The summed E-state index contributed by atoms with van der Waals surface area (Å²) >= 11 is 1.23. The molecule has 3 unspecified atom stereocenters. The van der Waals surface area contributed by atoms with Crippen molar-refractivity contribution in [1.82, 2.24) is 14.9 Å². The first-order valence-electron chi connectivity index (χ1n) is 9.63. The van der Waals surface area contributed by atoms with Gasteiger partial charge in [0.25, 0.3) is 0 Å². The number of carbonyl (C=O) groups excluding carboxylic acids is 1. The number of sulfonamides is 1. The van der Waals surface area contributed by atoms with Crippen LogP contribution in [-0.4, -0.2) is 50.4 Å². The van der Waals surface area contributed by atoms with Crippen molar-refractivity contribution in [1.29, 1.82) is 0 Å². The zero-order chi connectivity index (χ0) is 18.1. The van der Waals surface area contributed by atoms with Crippen molar-refractivity contribution >= 4 is 27.3 Å². The normalized spacial score (nSPS) is 30.3. The van der Waals surface area contributed by atoms with E-state index in [-0.39, 0.29) is 18.0 Å². The van der Waals surface area contributed by atoms with Gasteiger partial charge in [0.15, 0.2) is 0 Å². The number of amides is 1. The van der Waals surface area contributed by atoms with Crippen LogP contribution in [0.4, 0.5) is 0 Å². The Balaban J connectivity index is 1.29. The van der Waals surface area contributed by atoms with Crippen molar-refractivity contribution in [3.8, 4) is 0 Å². The summed E-state index contributed by atoms with van der Waals surface area (Å²) in [6.45, 7) is 1.26. The Morgan fingerprint density at radius 2 is 1.96 bits per heavy atom. The van der Waals surface area contributed by atoms with Gasteiger partial charge in [-0.2, -0.15) is 0 Å². The quantitative estimate of drug-likeness (QED) is 0.814. The van der Waals surface area contributed by atoms with Gasteiger partial charge in [0.1, 0.15) is 4.21 Å². The minimum Gasteiger partial charge on any atom is -0.341 e. The van der Waals surface area contributed by atoms with Crippen molar-refractivity contribution in [3.63, 3.8) is 0 Å². The molecule has 1 amide bonds. The summed E-state index contributed by atoms with van der Waals surface area (Å²) in [6.07, 6.45) is 7.32. The van der Waals surface area contributed by atoms with E-state index in [2.05, 4.69) is 10.0 Å². The second-order valence-electron chi connectivity index (χ2n) is 7.76. The Morgan fingerprint density at radius 1 is 1.19 bits per heavy atom. The van der Waals surface area contributed by atoms with Crippen molar-refractivity contribution in [2.24, 2.45) is 5.92 Å². The zero-order valence-electron chi connectivity index (χ0n) is 14.9. The van der Waals surface area contributed by atoms with E-state index < -0.39 is 10.0 Å². The van der Waals surface area contributed by atoms with Crippen LogP contribution in [-0.2, 0) is 14.8 Å². The molecule has 4 rings (SSSR count). The van der Waals surface area contributed by atoms with Gasteiger partial charge in [-0.25, -0.2) is 13.1 Å². The molecule has 3 atom stereocenters. The summed E-state index contributed by atoms with van der Waals surface area (Å²) < 4.78 is 27.8. The van der Waals surface area contributed by atoms with Crippen LogP contribution in [0.1, 0.15) is 44.9 Å². The Hall–Kier alpha value is -0.960. The van der Waals surface area contributed by atoms with Crippen LogP contribution in [0.2, 0.25) is 0 Å². The third kappa shape index (κ3) is 3.83. The molecule has 6 nitrogen and oxygen atoms in total. The summed E-state index contributed by atoms with van der Waals surface area (Å²) in [7, 11) is -3.43. The first kappa shape index (κ1) is 18.4. The first-order chi connectivity index (χ1) is 12.5. The smallest absolute Gasteiger partial charge is 0.250 e. The van der Waals surface area contributed by atoms with E-state index >= 15 is 0 Å². The third-order valence-corrected chi connectivity index (χ3v) is 8.97. The summed E-state index contributed by atoms with van der Waals surface area (Å²) in [5.41, 5.74) is 0. The number of nitrogens with zero attached hydrogens (tertiary/aromatic N) is 1. The van der Waals surface area contributed by atoms with Gasteiger partial charge in [-0.15, -0.1) is 11.3 Å². The Morgan fingerprint density at radius 3 is 2.65 bits per heavy atom. The van der Waals surface area contributed by atoms with Crippen LogP contribution >= 0.6 is 11.3 Å². The highest BCUT2D eigenvalue weighted by atomic mass is 32.2. The maximum absolute atomic E-state index is 12.8. The topological polar surface area (TPSA) is 78.5 Å². The fraction of sp³-hybridized carbons (Fsp3) is 0.722. The Bertz CT molecular complexity index is 713. The molecule has 3 aliphatic rings. The molecule has 0 bridgehead atoms. The summed E-state index contributed by atoms with van der Waals surface area (Å²) in [4.78, 5) is 14.8. The summed E-state index contributed by atoms with van der Waals surface area (Å²) in [5, 5.41) is 5.32. The highest BCUT2D eigenvalue weighted by Crippen LogP contribution is 2.34. The second-order valence-corrected chi connectivity index (χ2v) is 10.6.